The molecule has 2 N–H and O–H groups in total. The first-order valence-electron chi connectivity index (χ1n) is 11.9. The van der Waals surface area contributed by atoms with Gasteiger partial charge in [0, 0.05) is 36.3 Å². The molecule has 1 aliphatic heterocycles. The molecule has 5 rings (SSSR count). The fraction of sp³-hybridized carbons (Fsp3) is 0.462. The molecule has 1 atom stereocenters. The maximum atomic E-state index is 12.3. The van der Waals surface area contributed by atoms with Crippen LogP contribution < -0.4 is 15.0 Å². The number of aromatic nitrogens is 3. The summed E-state index contributed by atoms with van der Waals surface area (Å²) in [5, 5.41) is 27.2. The van der Waals surface area contributed by atoms with Gasteiger partial charge in [-0.05, 0) is 58.2 Å². The lowest BCUT2D eigenvalue weighted by molar-refractivity contribution is -0.123. The molecule has 0 radical (unpaired) electrons. The Balaban J connectivity index is 1.40. The number of amides is 1. The first-order valence-corrected chi connectivity index (χ1v) is 11.9. The van der Waals surface area contributed by atoms with Gasteiger partial charge in [0.2, 0.25) is 5.91 Å². The number of fused-ring (bicyclic) bond motifs is 1. The molecule has 9 heteroatoms. The van der Waals surface area contributed by atoms with Gasteiger partial charge in [-0.25, -0.2) is 9.50 Å². The van der Waals surface area contributed by atoms with E-state index in [2.05, 4.69) is 28.3 Å². The van der Waals surface area contributed by atoms with Gasteiger partial charge in [0.15, 0.2) is 0 Å². The Hall–Kier alpha value is -3.64. The van der Waals surface area contributed by atoms with E-state index in [-0.39, 0.29) is 24.0 Å². The van der Waals surface area contributed by atoms with Crippen molar-refractivity contribution in [3.05, 3.63) is 42.4 Å². The third-order valence-corrected chi connectivity index (χ3v) is 6.53. The normalized spacial score (nSPS) is 20.1. The molecule has 1 aliphatic carbocycles. The highest BCUT2D eigenvalue weighted by Gasteiger charge is 2.39. The van der Waals surface area contributed by atoms with E-state index in [4.69, 9.17) is 9.72 Å². The molecule has 0 aromatic carbocycles. The molecule has 1 unspecified atom stereocenters. The number of nitrogens with one attached hydrogen (secondary N) is 1. The van der Waals surface area contributed by atoms with Gasteiger partial charge in [0.1, 0.15) is 24.2 Å². The smallest absolute Gasteiger partial charge is 0.223 e. The highest BCUT2D eigenvalue weighted by molar-refractivity contribution is 5.85. The SMILES string of the molecule is CC(C)(O)COc1cc(-c2ccc(N3CCC(C)(NC(=O)C4CC4)C3)nc2)c2c(C#N)cnn2c1. The first kappa shape index (κ1) is 23.1. The monoisotopic (exact) mass is 474 g/mol. The van der Waals surface area contributed by atoms with Crippen LogP contribution in [-0.4, -0.2) is 56.4 Å². The lowest BCUT2D eigenvalue weighted by Crippen LogP contribution is -2.48. The number of anilines is 1. The summed E-state index contributed by atoms with van der Waals surface area (Å²) in [5.74, 6) is 1.74. The number of rotatable bonds is 7. The zero-order valence-corrected chi connectivity index (χ0v) is 20.3. The Kier molecular flexibility index (Phi) is 5.64. The summed E-state index contributed by atoms with van der Waals surface area (Å²) in [4.78, 5) is 19.2. The molecule has 2 fully saturated rings. The Morgan fingerprint density at radius 3 is 2.83 bits per heavy atom. The second kappa shape index (κ2) is 8.54. The minimum absolute atomic E-state index is 0.118. The molecule has 2 aliphatic rings. The summed E-state index contributed by atoms with van der Waals surface area (Å²) in [7, 11) is 0. The van der Waals surface area contributed by atoms with Gasteiger partial charge in [-0.15, -0.1) is 0 Å². The molecular weight excluding hydrogens is 444 g/mol. The van der Waals surface area contributed by atoms with Gasteiger partial charge in [-0.2, -0.15) is 10.4 Å². The van der Waals surface area contributed by atoms with Crippen LogP contribution in [0.3, 0.4) is 0 Å². The highest BCUT2D eigenvalue weighted by atomic mass is 16.5. The second-order valence-electron chi connectivity index (χ2n) is 10.6. The summed E-state index contributed by atoms with van der Waals surface area (Å²) < 4.78 is 7.43. The van der Waals surface area contributed by atoms with E-state index < -0.39 is 5.60 Å². The molecule has 1 saturated heterocycles. The lowest BCUT2D eigenvalue weighted by Gasteiger charge is -2.26. The minimum Gasteiger partial charge on any atom is -0.489 e. The molecule has 9 nitrogen and oxygen atoms in total. The van der Waals surface area contributed by atoms with E-state index in [1.54, 1.807) is 30.8 Å². The van der Waals surface area contributed by atoms with E-state index in [0.29, 0.717) is 23.4 Å². The van der Waals surface area contributed by atoms with Crippen LogP contribution in [-0.2, 0) is 4.79 Å². The average Bonchev–Trinajstić information content (AvgIpc) is 3.49. The minimum atomic E-state index is -0.984. The quantitative estimate of drug-likeness (QED) is 0.541. The van der Waals surface area contributed by atoms with Gasteiger partial charge in [-0.1, -0.05) is 0 Å². The van der Waals surface area contributed by atoms with Crippen LogP contribution in [0.25, 0.3) is 16.6 Å². The van der Waals surface area contributed by atoms with Crippen LogP contribution in [0.2, 0.25) is 0 Å². The van der Waals surface area contributed by atoms with Crippen molar-refractivity contribution < 1.29 is 14.6 Å². The Morgan fingerprint density at radius 1 is 1.37 bits per heavy atom. The maximum absolute atomic E-state index is 12.3. The summed E-state index contributed by atoms with van der Waals surface area (Å²) in [5.41, 5.74) is 1.50. The maximum Gasteiger partial charge on any atom is 0.223 e. The molecular formula is C26H30N6O3. The standard InChI is InChI=1S/C26H30N6O3/c1-25(2,34)16-35-20-10-21(23-19(11-27)13-29-32(23)14-20)18-6-7-22(28-12-18)31-9-8-26(3,15-31)30-24(33)17-4-5-17/h6-7,10,12-14,17,34H,4-5,8-9,15-16H2,1-3H3,(H,30,33). The van der Waals surface area contributed by atoms with Crippen molar-refractivity contribution in [2.24, 2.45) is 5.92 Å². The molecule has 0 spiro atoms. The zero-order chi connectivity index (χ0) is 24.8. The summed E-state index contributed by atoms with van der Waals surface area (Å²) in [6.07, 6.45) is 7.89. The van der Waals surface area contributed by atoms with Crippen LogP contribution in [0.15, 0.2) is 36.8 Å². The van der Waals surface area contributed by atoms with Gasteiger partial charge >= 0.3 is 0 Å². The Morgan fingerprint density at radius 2 is 2.17 bits per heavy atom. The third-order valence-electron chi connectivity index (χ3n) is 6.53. The average molecular weight is 475 g/mol. The van der Waals surface area contributed by atoms with E-state index in [0.717, 1.165) is 42.8 Å². The van der Waals surface area contributed by atoms with E-state index >= 15 is 0 Å². The summed E-state index contributed by atoms with van der Waals surface area (Å²) in [6, 6.07) is 7.99. The predicted octanol–water partition coefficient (Wildman–Crippen LogP) is 2.91. The molecule has 4 heterocycles. The molecule has 0 bridgehead atoms. The number of aliphatic hydroxyl groups is 1. The third kappa shape index (κ3) is 4.93. The number of nitriles is 1. The fourth-order valence-corrected chi connectivity index (χ4v) is 4.47. The molecule has 1 amide bonds. The number of pyridine rings is 2. The Bertz CT molecular complexity index is 1300. The van der Waals surface area contributed by atoms with Crippen LogP contribution >= 0.6 is 0 Å². The second-order valence-corrected chi connectivity index (χ2v) is 10.6. The van der Waals surface area contributed by atoms with Crippen molar-refractivity contribution >= 4 is 17.2 Å². The largest absolute Gasteiger partial charge is 0.489 e. The van der Waals surface area contributed by atoms with Gasteiger partial charge < -0.3 is 20.1 Å². The van der Waals surface area contributed by atoms with Crippen molar-refractivity contribution in [1.29, 1.82) is 5.26 Å². The molecule has 3 aromatic heterocycles. The van der Waals surface area contributed by atoms with Crippen LogP contribution in [0.5, 0.6) is 5.75 Å². The van der Waals surface area contributed by atoms with Gasteiger partial charge in [0.25, 0.3) is 0 Å². The van der Waals surface area contributed by atoms with Crippen molar-refractivity contribution in [1.82, 2.24) is 19.9 Å². The van der Waals surface area contributed by atoms with Crippen LogP contribution in [0.4, 0.5) is 5.82 Å². The van der Waals surface area contributed by atoms with Crippen LogP contribution in [0, 0.1) is 17.2 Å². The number of nitrogens with zero attached hydrogens (tertiary/aromatic N) is 5. The van der Waals surface area contributed by atoms with Crippen molar-refractivity contribution in [2.45, 2.75) is 51.2 Å². The fourth-order valence-electron chi connectivity index (χ4n) is 4.47. The van der Waals surface area contributed by atoms with Crippen molar-refractivity contribution in [3.63, 3.8) is 0 Å². The molecule has 1 saturated carbocycles. The number of carbonyl (C=O) groups is 1. The van der Waals surface area contributed by atoms with Crippen LogP contribution in [0.1, 0.15) is 45.6 Å². The number of carbonyl (C=O) groups excluding carboxylic acids is 1. The van der Waals surface area contributed by atoms with Gasteiger partial charge in [-0.3, -0.25) is 4.79 Å². The molecule has 3 aromatic rings. The summed E-state index contributed by atoms with van der Waals surface area (Å²) in [6.45, 7) is 7.10. The van der Waals surface area contributed by atoms with E-state index in [1.807, 2.05) is 18.2 Å². The summed E-state index contributed by atoms with van der Waals surface area (Å²) >= 11 is 0. The number of ether oxygens (including phenoxy) is 1. The Labute approximate surface area is 204 Å². The predicted molar refractivity (Wildman–Crippen MR) is 131 cm³/mol. The zero-order valence-electron chi connectivity index (χ0n) is 20.3. The van der Waals surface area contributed by atoms with Gasteiger partial charge in [0.05, 0.1) is 34.6 Å². The van der Waals surface area contributed by atoms with Crippen molar-refractivity contribution in [3.8, 4) is 22.9 Å². The molecule has 35 heavy (non-hydrogen) atoms. The topological polar surface area (TPSA) is 116 Å². The first-order chi connectivity index (χ1) is 16.6. The number of hydrogen-bond acceptors (Lipinski definition) is 7. The highest BCUT2D eigenvalue weighted by Crippen LogP contribution is 2.34. The lowest BCUT2D eigenvalue weighted by atomic mass is 10.0. The van der Waals surface area contributed by atoms with E-state index in [1.165, 1.54) is 6.20 Å². The van der Waals surface area contributed by atoms with E-state index in [9.17, 15) is 15.2 Å². The van der Waals surface area contributed by atoms with Crippen molar-refractivity contribution in [2.75, 3.05) is 24.6 Å². The number of hydrogen-bond donors (Lipinski definition) is 2. The molecule has 182 valence electrons.